The third kappa shape index (κ3) is 3.04. The van der Waals surface area contributed by atoms with Gasteiger partial charge >= 0.3 is 0 Å². The van der Waals surface area contributed by atoms with Gasteiger partial charge in [0.25, 0.3) is 0 Å². The lowest BCUT2D eigenvalue weighted by atomic mass is 10.1. The van der Waals surface area contributed by atoms with Gasteiger partial charge in [-0.25, -0.2) is 0 Å². The molecule has 0 radical (unpaired) electrons. The molecule has 1 nitrogen and oxygen atoms in total. The summed E-state index contributed by atoms with van der Waals surface area (Å²) in [6.45, 7) is 4.38. The minimum Gasteiger partial charge on any atom is -0.399 e. The highest BCUT2D eigenvalue weighted by Crippen LogP contribution is 2.36. The highest BCUT2D eigenvalue weighted by atomic mass is 32.2. The van der Waals surface area contributed by atoms with Crippen LogP contribution in [-0.4, -0.2) is 0 Å². The largest absolute Gasteiger partial charge is 0.399 e. The summed E-state index contributed by atoms with van der Waals surface area (Å²) in [6.07, 6.45) is 0. The molecule has 2 rings (SSSR count). The fraction of sp³-hybridized carbons (Fsp3) is 0.200. The average Bonchev–Trinajstić information content (AvgIpc) is 2.33. The zero-order valence-corrected chi connectivity index (χ0v) is 11.0. The van der Waals surface area contributed by atoms with Gasteiger partial charge in [0.15, 0.2) is 0 Å². The molecule has 0 aliphatic heterocycles. The van der Waals surface area contributed by atoms with Crippen LogP contribution in [0.1, 0.15) is 23.3 Å². The number of anilines is 1. The molecule has 2 aromatic rings. The van der Waals surface area contributed by atoms with E-state index in [1.165, 1.54) is 16.0 Å². The normalized spacial score (nSPS) is 12.4. The number of hydrogen-bond donors (Lipinski definition) is 1. The number of nitrogen functional groups attached to an aromatic ring is 1. The van der Waals surface area contributed by atoms with Crippen LogP contribution in [0.4, 0.5) is 5.69 Å². The molecule has 1 unspecified atom stereocenters. The lowest BCUT2D eigenvalue weighted by molar-refractivity contribution is 1.09. The van der Waals surface area contributed by atoms with Gasteiger partial charge in [-0.1, -0.05) is 30.3 Å². The van der Waals surface area contributed by atoms with Gasteiger partial charge < -0.3 is 5.73 Å². The molecule has 0 amide bonds. The molecule has 1 atom stereocenters. The molecule has 0 heterocycles. The summed E-state index contributed by atoms with van der Waals surface area (Å²) >= 11 is 1.89. The summed E-state index contributed by atoms with van der Waals surface area (Å²) in [4.78, 5) is 1.34. The van der Waals surface area contributed by atoms with E-state index in [1.54, 1.807) is 0 Å². The molecule has 2 aromatic carbocycles. The number of aryl methyl sites for hydroxylation is 1. The first-order chi connectivity index (χ1) is 8.16. The molecule has 0 saturated carbocycles. The monoisotopic (exact) mass is 243 g/mol. The number of rotatable bonds is 3. The van der Waals surface area contributed by atoms with E-state index in [0.717, 1.165) is 5.69 Å². The molecule has 88 valence electrons. The standard InChI is InChI=1S/C15H17NS/c1-11-5-3-4-6-15(11)17-12(2)13-7-9-14(16)10-8-13/h3-10,12H,16H2,1-2H3. The van der Waals surface area contributed by atoms with Gasteiger partial charge in [-0.05, 0) is 43.2 Å². The molecule has 17 heavy (non-hydrogen) atoms. The second-order valence-corrected chi connectivity index (χ2v) is 5.57. The van der Waals surface area contributed by atoms with Crippen LogP contribution in [-0.2, 0) is 0 Å². The molecule has 2 heteroatoms. The van der Waals surface area contributed by atoms with Crippen molar-refractivity contribution in [3.63, 3.8) is 0 Å². The molecule has 0 spiro atoms. The van der Waals surface area contributed by atoms with E-state index in [-0.39, 0.29) is 0 Å². The van der Waals surface area contributed by atoms with Gasteiger partial charge in [-0.3, -0.25) is 0 Å². The topological polar surface area (TPSA) is 26.0 Å². The minimum atomic E-state index is 0.441. The van der Waals surface area contributed by atoms with Crippen molar-refractivity contribution in [3.8, 4) is 0 Å². The van der Waals surface area contributed by atoms with Crippen LogP contribution < -0.4 is 5.73 Å². The Morgan fingerprint density at radius 2 is 1.65 bits per heavy atom. The van der Waals surface area contributed by atoms with Crippen molar-refractivity contribution < 1.29 is 0 Å². The third-order valence-electron chi connectivity index (χ3n) is 2.80. The quantitative estimate of drug-likeness (QED) is 0.637. The van der Waals surface area contributed by atoms with E-state index in [2.05, 4.69) is 50.2 Å². The molecular formula is C15H17NS. The summed E-state index contributed by atoms with van der Waals surface area (Å²) < 4.78 is 0. The summed E-state index contributed by atoms with van der Waals surface area (Å²) in [5.74, 6) is 0. The number of thioether (sulfide) groups is 1. The molecule has 0 aliphatic carbocycles. The second-order valence-electron chi connectivity index (χ2n) is 4.19. The van der Waals surface area contributed by atoms with Crippen molar-refractivity contribution in [2.24, 2.45) is 0 Å². The Balaban J connectivity index is 2.14. The number of hydrogen-bond acceptors (Lipinski definition) is 2. The van der Waals surface area contributed by atoms with Crippen LogP contribution in [0.2, 0.25) is 0 Å². The van der Waals surface area contributed by atoms with Crippen molar-refractivity contribution in [1.29, 1.82) is 0 Å². The maximum Gasteiger partial charge on any atom is 0.0316 e. The van der Waals surface area contributed by atoms with Gasteiger partial charge in [0.2, 0.25) is 0 Å². The fourth-order valence-corrected chi connectivity index (χ4v) is 2.80. The van der Waals surface area contributed by atoms with Crippen molar-refractivity contribution in [3.05, 3.63) is 59.7 Å². The highest BCUT2D eigenvalue weighted by Gasteiger charge is 2.08. The molecule has 0 aliphatic rings. The van der Waals surface area contributed by atoms with Gasteiger partial charge in [-0.2, -0.15) is 0 Å². The van der Waals surface area contributed by atoms with Crippen LogP contribution in [0.5, 0.6) is 0 Å². The van der Waals surface area contributed by atoms with Crippen LogP contribution >= 0.6 is 11.8 Å². The second kappa shape index (κ2) is 5.28. The predicted molar refractivity (Wildman–Crippen MR) is 76.3 cm³/mol. The summed E-state index contributed by atoms with van der Waals surface area (Å²) in [7, 11) is 0. The van der Waals surface area contributed by atoms with Gasteiger partial charge in [-0.15, -0.1) is 11.8 Å². The van der Waals surface area contributed by atoms with Crippen molar-refractivity contribution >= 4 is 17.4 Å². The fourth-order valence-electron chi connectivity index (χ4n) is 1.71. The zero-order chi connectivity index (χ0) is 12.3. The number of benzene rings is 2. The van der Waals surface area contributed by atoms with E-state index in [4.69, 9.17) is 5.73 Å². The Labute approximate surface area is 107 Å². The summed E-state index contributed by atoms with van der Waals surface area (Å²) in [5.41, 5.74) is 9.16. The van der Waals surface area contributed by atoms with E-state index < -0.39 is 0 Å². The van der Waals surface area contributed by atoms with Crippen LogP contribution in [0, 0.1) is 6.92 Å². The maximum atomic E-state index is 5.70. The Kier molecular flexibility index (Phi) is 3.75. The molecule has 0 fully saturated rings. The van der Waals surface area contributed by atoms with E-state index in [1.807, 2.05) is 23.9 Å². The Hall–Kier alpha value is -1.41. The summed E-state index contributed by atoms with van der Waals surface area (Å²) in [5, 5.41) is 0.441. The molecule has 0 bridgehead atoms. The lowest BCUT2D eigenvalue weighted by Gasteiger charge is -2.13. The Bertz CT molecular complexity index is 491. The minimum absolute atomic E-state index is 0.441. The number of nitrogens with two attached hydrogens (primary N) is 1. The highest BCUT2D eigenvalue weighted by molar-refractivity contribution is 7.99. The smallest absolute Gasteiger partial charge is 0.0316 e. The van der Waals surface area contributed by atoms with E-state index in [0.29, 0.717) is 5.25 Å². The van der Waals surface area contributed by atoms with Crippen molar-refractivity contribution in [1.82, 2.24) is 0 Å². The summed E-state index contributed by atoms with van der Waals surface area (Å²) in [6, 6.07) is 16.6. The first-order valence-electron chi connectivity index (χ1n) is 5.74. The molecule has 2 N–H and O–H groups in total. The first kappa shape index (κ1) is 12.1. The zero-order valence-electron chi connectivity index (χ0n) is 10.2. The molecule has 0 saturated heterocycles. The van der Waals surface area contributed by atoms with Crippen LogP contribution in [0.15, 0.2) is 53.4 Å². The molecular weight excluding hydrogens is 226 g/mol. The Morgan fingerprint density at radius 3 is 2.29 bits per heavy atom. The van der Waals surface area contributed by atoms with Crippen LogP contribution in [0.3, 0.4) is 0 Å². The Morgan fingerprint density at radius 1 is 1.00 bits per heavy atom. The van der Waals surface area contributed by atoms with Gasteiger partial charge in [0.05, 0.1) is 0 Å². The molecule has 0 aromatic heterocycles. The SMILES string of the molecule is Cc1ccccc1SC(C)c1ccc(N)cc1. The van der Waals surface area contributed by atoms with Gasteiger partial charge in [0, 0.05) is 15.8 Å². The van der Waals surface area contributed by atoms with Gasteiger partial charge in [0.1, 0.15) is 0 Å². The lowest BCUT2D eigenvalue weighted by Crippen LogP contribution is -1.91. The van der Waals surface area contributed by atoms with Crippen molar-refractivity contribution in [2.75, 3.05) is 5.73 Å². The predicted octanol–water partition coefficient (Wildman–Crippen LogP) is 4.43. The maximum absolute atomic E-state index is 5.70. The third-order valence-corrected chi connectivity index (χ3v) is 4.14. The average molecular weight is 243 g/mol. The van der Waals surface area contributed by atoms with Crippen LogP contribution in [0.25, 0.3) is 0 Å². The first-order valence-corrected chi connectivity index (χ1v) is 6.62. The van der Waals surface area contributed by atoms with E-state index in [9.17, 15) is 0 Å². The van der Waals surface area contributed by atoms with E-state index >= 15 is 0 Å². The van der Waals surface area contributed by atoms with Crippen molar-refractivity contribution in [2.45, 2.75) is 24.0 Å².